The third-order valence-electron chi connectivity index (χ3n) is 4.04. The van der Waals surface area contributed by atoms with Crippen LogP contribution in [0.4, 0.5) is 0 Å². The summed E-state index contributed by atoms with van der Waals surface area (Å²) in [5.41, 5.74) is -0.0417. The van der Waals surface area contributed by atoms with Gasteiger partial charge in [-0.3, -0.25) is 0 Å². The van der Waals surface area contributed by atoms with Gasteiger partial charge in [0, 0.05) is 11.3 Å². The van der Waals surface area contributed by atoms with Gasteiger partial charge in [0.2, 0.25) is 0 Å². The Morgan fingerprint density at radius 1 is 1.31 bits per heavy atom. The van der Waals surface area contributed by atoms with Gasteiger partial charge in [-0.25, -0.2) is 0 Å². The maximum absolute atomic E-state index is 10.9. The van der Waals surface area contributed by atoms with Crippen LogP contribution in [0.25, 0.3) is 0 Å². The molecule has 2 fully saturated rings. The summed E-state index contributed by atoms with van der Waals surface area (Å²) in [6.07, 6.45) is 13.8. The maximum atomic E-state index is 10.9. The van der Waals surface area contributed by atoms with Crippen LogP contribution in [0.15, 0.2) is 0 Å². The summed E-state index contributed by atoms with van der Waals surface area (Å²) in [5, 5.41) is 0. The average Bonchev–Trinajstić information content (AvgIpc) is 2.56. The first-order valence-electron chi connectivity index (χ1n) is 5.26. The number of terminal acetylenes is 1. The number of carbonyl (C=O) groups is 1. The Balaban J connectivity index is 2.29. The van der Waals surface area contributed by atoms with Crippen LogP contribution in [0.2, 0.25) is 0 Å². The van der Waals surface area contributed by atoms with Crippen LogP contribution in [-0.4, -0.2) is 6.29 Å². The molecule has 0 amide bonds. The van der Waals surface area contributed by atoms with E-state index in [1.54, 1.807) is 0 Å². The fourth-order valence-corrected chi connectivity index (χ4v) is 3.28. The van der Waals surface area contributed by atoms with Crippen molar-refractivity contribution in [2.24, 2.45) is 17.3 Å². The highest BCUT2D eigenvalue weighted by Gasteiger charge is 2.49. The third kappa shape index (κ3) is 1.12. The van der Waals surface area contributed by atoms with Crippen LogP contribution >= 0.6 is 0 Å². The molecule has 0 aromatic rings. The molecular formula is C12H16O. The molecular weight excluding hydrogens is 160 g/mol. The van der Waals surface area contributed by atoms with Crippen molar-refractivity contribution in [3.05, 3.63) is 0 Å². The van der Waals surface area contributed by atoms with E-state index < -0.39 is 0 Å². The van der Waals surface area contributed by atoms with Gasteiger partial charge in [0.1, 0.15) is 6.29 Å². The molecule has 2 saturated carbocycles. The summed E-state index contributed by atoms with van der Waals surface area (Å²) in [5.74, 6) is 3.74. The molecule has 3 atom stereocenters. The Labute approximate surface area is 79.9 Å². The summed E-state index contributed by atoms with van der Waals surface area (Å²) in [6, 6.07) is 0. The highest BCUT2D eigenvalue weighted by atomic mass is 16.1. The molecule has 0 aromatic carbocycles. The number of hydrogen-bond acceptors (Lipinski definition) is 1. The van der Waals surface area contributed by atoms with Crippen molar-refractivity contribution < 1.29 is 4.79 Å². The molecule has 2 rings (SSSR count). The minimum Gasteiger partial charge on any atom is -0.303 e. The summed E-state index contributed by atoms with van der Waals surface area (Å²) in [6.45, 7) is 0. The van der Waals surface area contributed by atoms with Gasteiger partial charge in [0.05, 0.1) is 0 Å². The van der Waals surface area contributed by atoms with Crippen LogP contribution in [0.5, 0.6) is 0 Å². The van der Waals surface area contributed by atoms with E-state index >= 15 is 0 Å². The Kier molecular flexibility index (Phi) is 2.15. The van der Waals surface area contributed by atoms with Crippen LogP contribution in [0.1, 0.15) is 38.5 Å². The molecule has 0 spiro atoms. The van der Waals surface area contributed by atoms with Gasteiger partial charge >= 0.3 is 0 Å². The van der Waals surface area contributed by atoms with E-state index in [1.807, 2.05) is 0 Å². The van der Waals surface area contributed by atoms with Crippen molar-refractivity contribution in [2.75, 3.05) is 0 Å². The zero-order chi connectivity index (χ0) is 9.31. The third-order valence-corrected chi connectivity index (χ3v) is 4.04. The van der Waals surface area contributed by atoms with Crippen molar-refractivity contribution in [3.63, 3.8) is 0 Å². The first-order chi connectivity index (χ1) is 6.33. The van der Waals surface area contributed by atoms with Crippen molar-refractivity contribution in [1.29, 1.82) is 0 Å². The van der Waals surface area contributed by atoms with Crippen LogP contribution in [0, 0.1) is 29.6 Å². The Hall–Kier alpha value is -0.770. The Morgan fingerprint density at radius 2 is 2.15 bits per heavy atom. The number of rotatable bonds is 1. The second-order valence-electron chi connectivity index (χ2n) is 4.45. The van der Waals surface area contributed by atoms with Crippen LogP contribution in [0.3, 0.4) is 0 Å². The highest BCUT2D eigenvalue weighted by Crippen LogP contribution is 2.54. The predicted molar refractivity (Wildman–Crippen MR) is 52.0 cm³/mol. The van der Waals surface area contributed by atoms with Gasteiger partial charge in [-0.15, -0.1) is 6.42 Å². The first-order valence-corrected chi connectivity index (χ1v) is 5.26. The van der Waals surface area contributed by atoms with Crippen molar-refractivity contribution in [1.82, 2.24) is 0 Å². The van der Waals surface area contributed by atoms with Gasteiger partial charge in [-0.2, -0.15) is 0 Å². The molecule has 70 valence electrons. The lowest BCUT2D eigenvalue weighted by atomic mass is 9.65. The molecule has 0 saturated heterocycles. The first kappa shape index (κ1) is 8.81. The monoisotopic (exact) mass is 176 g/mol. The number of fused-ring (bicyclic) bond motifs is 1. The number of aldehydes is 1. The van der Waals surface area contributed by atoms with E-state index in [0.717, 1.165) is 19.1 Å². The summed E-state index contributed by atoms with van der Waals surface area (Å²) in [7, 11) is 0. The number of hydrogen-bond donors (Lipinski definition) is 0. The van der Waals surface area contributed by atoms with Crippen molar-refractivity contribution in [3.8, 4) is 12.3 Å². The zero-order valence-electron chi connectivity index (χ0n) is 7.96. The van der Waals surface area contributed by atoms with Crippen molar-refractivity contribution >= 4 is 6.29 Å². The SMILES string of the molecule is C#C[C@@]12CCCC[C@H]1CC[C@@H]2C=O. The van der Waals surface area contributed by atoms with E-state index in [0.29, 0.717) is 5.92 Å². The smallest absolute Gasteiger partial charge is 0.124 e. The summed E-state index contributed by atoms with van der Waals surface area (Å²) < 4.78 is 0. The van der Waals surface area contributed by atoms with E-state index in [2.05, 4.69) is 5.92 Å². The van der Waals surface area contributed by atoms with E-state index in [9.17, 15) is 4.79 Å². The van der Waals surface area contributed by atoms with Gasteiger partial charge in [0.25, 0.3) is 0 Å². The standard InChI is InChI=1S/C12H16O/c1-2-12-8-4-3-5-10(12)6-7-11(12)9-13/h1,9-11H,3-8H2/t10-,11+,12+/m0/s1. The minimum atomic E-state index is -0.0417. The molecule has 0 radical (unpaired) electrons. The average molecular weight is 176 g/mol. The van der Waals surface area contributed by atoms with Gasteiger partial charge < -0.3 is 4.79 Å². The van der Waals surface area contributed by atoms with E-state index in [-0.39, 0.29) is 11.3 Å². The largest absolute Gasteiger partial charge is 0.303 e. The topological polar surface area (TPSA) is 17.1 Å². The normalized spacial score (nSPS) is 43.6. The summed E-state index contributed by atoms with van der Waals surface area (Å²) in [4.78, 5) is 10.9. The Bertz CT molecular complexity index is 250. The molecule has 0 aromatic heterocycles. The highest BCUT2D eigenvalue weighted by molar-refractivity contribution is 5.57. The van der Waals surface area contributed by atoms with Gasteiger partial charge in [-0.1, -0.05) is 18.8 Å². The molecule has 0 N–H and O–H groups in total. The second-order valence-corrected chi connectivity index (χ2v) is 4.45. The fraction of sp³-hybridized carbons (Fsp3) is 0.750. The molecule has 0 aliphatic heterocycles. The number of carbonyl (C=O) groups excluding carboxylic acids is 1. The molecule has 0 unspecified atom stereocenters. The van der Waals surface area contributed by atoms with E-state index in [1.165, 1.54) is 25.7 Å². The molecule has 13 heavy (non-hydrogen) atoms. The molecule has 1 heteroatoms. The lowest BCUT2D eigenvalue weighted by Crippen LogP contribution is -2.34. The van der Waals surface area contributed by atoms with Gasteiger partial charge in [-0.05, 0) is 31.6 Å². The predicted octanol–water partition coefficient (Wildman–Crippen LogP) is 2.41. The summed E-state index contributed by atoms with van der Waals surface area (Å²) >= 11 is 0. The fourth-order valence-electron chi connectivity index (χ4n) is 3.28. The minimum absolute atomic E-state index is 0.0417. The molecule has 0 heterocycles. The molecule has 1 nitrogen and oxygen atoms in total. The molecule has 0 bridgehead atoms. The van der Waals surface area contributed by atoms with Crippen LogP contribution in [-0.2, 0) is 4.79 Å². The van der Waals surface area contributed by atoms with E-state index in [4.69, 9.17) is 6.42 Å². The molecule has 2 aliphatic carbocycles. The van der Waals surface area contributed by atoms with Crippen LogP contribution < -0.4 is 0 Å². The van der Waals surface area contributed by atoms with Crippen molar-refractivity contribution in [2.45, 2.75) is 38.5 Å². The quantitative estimate of drug-likeness (QED) is 0.443. The lowest BCUT2D eigenvalue weighted by Gasteiger charge is -2.37. The second kappa shape index (κ2) is 3.18. The molecule has 2 aliphatic rings. The van der Waals surface area contributed by atoms with Gasteiger partial charge in [0.15, 0.2) is 0 Å². The maximum Gasteiger partial charge on any atom is 0.124 e. The lowest BCUT2D eigenvalue weighted by molar-refractivity contribution is -0.113. The Morgan fingerprint density at radius 3 is 2.85 bits per heavy atom. The zero-order valence-corrected chi connectivity index (χ0v) is 7.96.